The SMILES string of the molecule is CC.CCO[C@@H]1CCCO1. The van der Waals surface area contributed by atoms with Gasteiger partial charge in [-0.2, -0.15) is 0 Å². The summed E-state index contributed by atoms with van der Waals surface area (Å²) in [6.45, 7) is 7.64. The Morgan fingerprint density at radius 3 is 2.60 bits per heavy atom. The Labute approximate surface area is 63.5 Å². The van der Waals surface area contributed by atoms with Gasteiger partial charge in [-0.25, -0.2) is 0 Å². The zero-order chi connectivity index (χ0) is 7.82. The summed E-state index contributed by atoms with van der Waals surface area (Å²) in [4.78, 5) is 0. The van der Waals surface area contributed by atoms with Crippen LogP contribution in [0.15, 0.2) is 0 Å². The van der Waals surface area contributed by atoms with Crippen molar-refractivity contribution in [1.82, 2.24) is 0 Å². The molecule has 1 fully saturated rings. The van der Waals surface area contributed by atoms with Gasteiger partial charge in [0.05, 0.1) is 0 Å². The lowest BCUT2D eigenvalue weighted by Crippen LogP contribution is -2.09. The van der Waals surface area contributed by atoms with Crippen molar-refractivity contribution >= 4 is 0 Å². The minimum Gasteiger partial charge on any atom is -0.353 e. The first-order chi connectivity index (χ1) is 4.93. The average molecular weight is 146 g/mol. The molecule has 0 aliphatic carbocycles. The highest BCUT2D eigenvalue weighted by atomic mass is 16.7. The first kappa shape index (κ1) is 9.92. The maximum absolute atomic E-state index is 5.18. The second-order valence-corrected chi connectivity index (χ2v) is 1.90. The van der Waals surface area contributed by atoms with E-state index in [9.17, 15) is 0 Å². The summed E-state index contributed by atoms with van der Waals surface area (Å²) < 4.78 is 10.4. The molecule has 0 amide bonds. The van der Waals surface area contributed by atoms with Gasteiger partial charge in [-0.05, 0) is 13.3 Å². The van der Waals surface area contributed by atoms with Gasteiger partial charge in [0.25, 0.3) is 0 Å². The Bertz CT molecular complexity index is 58.3. The molecule has 0 aromatic rings. The van der Waals surface area contributed by atoms with Crippen molar-refractivity contribution in [3.63, 3.8) is 0 Å². The van der Waals surface area contributed by atoms with Gasteiger partial charge in [-0.3, -0.25) is 0 Å². The second kappa shape index (κ2) is 7.03. The van der Waals surface area contributed by atoms with Crippen molar-refractivity contribution < 1.29 is 9.47 Å². The van der Waals surface area contributed by atoms with E-state index in [-0.39, 0.29) is 6.29 Å². The van der Waals surface area contributed by atoms with Crippen LogP contribution >= 0.6 is 0 Å². The monoisotopic (exact) mass is 146 g/mol. The summed E-state index contributed by atoms with van der Waals surface area (Å²) in [6.07, 6.45) is 2.35. The minimum absolute atomic E-state index is 0.111. The van der Waals surface area contributed by atoms with Gasteiger partial charge in [0.2, 0.25) is 0 Å². The maximum atomic E-state index is 5.18. The second-order valence-electron chi connectivity index (χ2n) is 1.90. The summed E-state index contributed by atoms with van der Waals surface area (Å²) in [6, 6.07) is 0. The average Bonchev–Trinajstić information content (AvgIpc) is 2.46. The quantitative estimate of drug-likeness (QED) is 0.594. The number of rotatable bonds is 2. The molecule has 0 spiro atoms. The number of hydrogen-bond donors (Lipinski definition) is 0. The van der Waals surface area contributed by atoms with Gasteiger partial charge in [-0.15, -0.1) is 0 Å². The van der Waals surface area contributed by atoms with Gasteiger partial charge < -0.3 is 9.47 Å². The fourth-order valence-electron chi connectivity index (χ4n) is 0.865. The van der Waals surface area contributed by atoms with E-state index in [0.29, 0.717) is 0 Å². The van der Waals surface area contributed by atoms with E-state index in [2.05, 4.69) is 0 Å². The van der Waals surface area contributed by atoms with Crippen LogP contribution in [0.4, 0.5) is 0 Å². The van der Waals surface area contributed by atoms with Crippen LogP contribution in [0.1, 0.15) is 33.6 Å². The lowest BCUT2D eigenvalue weighted by molar-refractivity contribution is -0.106. The normalized spacial score (nSPS) is 23.7. The Morgan fingerprint density at radius 1 is 1.50 bits per heavy atom. The molecule has 2 nitrogen and oxygen atoms in total. The lowest BCUT2D eigenvalue weighted by Gasteiger charge is -2.06. The van der Waals surface area contributed by atoms with E-state index in [0.717, 1.165) is 26.1 Å². The van der Waals surface area contributed by atoms with Crippen molar-refractivity contribution in [3.8, 4) is 0 Å². The topological polar surface area (TPSA) is 18.5 Å². The smallest absolute Gasteiger partial charge is 0.157 e. The summed E-state index contributed by atoms with van der Waals surface area (Å²) in [5.74, 6) is 0. The van der Waals surface area contributed by atoms with Gasteiger partial charge in [0, 0.05) is 19.6 Å². The highest BCUT2D eigenvalue weighted by molar-refractivity contribution is 4.52. The van der Waals surface area contributed by atoms with Crippen molar-refractivity contribution in [3.05, 3.63) is 0 Å². The zero-order valence-electron chi connectivity index (χ0n) is 7.22. The van der Waals surface area contributed by atoms with Crippen molar-refractivity contribution in [1.29, 1.82) is 0 Å². The molecule has 0 N–H and O–H groups in total. The molecular weight excluding hydrogens is 128 g/mol. The molecule has 2 heteroatoms. The highest BCUT2D eigenvalue weighted by Crippen LogP contribution is 2.11. The summed E-state index contributed by atoms with van der Waals surface area (Å²) in [5, 5.41) is 0. The molecule has 1 aliphatic heterocycles. The number of hydrogen-bond acceptors (Lipinski definition) is 2. The largest absolute Gasteiger partial charge is 0.353 e. The zero-order valence-corrected chi connectivity index (χ0v) is 7.22. The summed E-state index contributed by atoms with van der Waals surface area (Å²) >= 11 is 0. The van der Waals surface area contributed by atoms with Crippen molar-refractivity contribution in [2.45, 2.75) is 39.9 Å². The Hall–Kier alpha value is -0.0800. The van der Waals surface area contributed by atoms with Gasteiger partial charge in [-0.1, -0.05) is 13.8 Å². The molecule has 0 radical (unpaired) electrons. The van der Waals surface area contributed by atoms with Crippen LogP contribution in [-0.4, -0.2) is 19.5 Å². The molecule has 0 aromatic heterocycles. The van der Waals surface area contributed by atoms with E-state index in [1.165, 1.54) is 0 Å². The predicted molar refractivity (Wildman–Crippen MR) is 41.9 cm³/mol. The molecular formula is C8H18O2. The lowest BCUT2D eigenvalue weighted by atomic mass is 10.4. The van der Waals surface area contributed by atoms with Crippen LogP contribution in [0.3, 0.4) is 0 Å². The molecule has 0 unspecified atom stereocenters. The Balaban J connectivity index is 0.000000371. The molecule has 0 aromatic carbocycles. The summed E-state index contributed by atoms with van der Waals surface area (Å²) in [7, 11) is 0. The first-order valence-electron chi connectivity index (χ1n) is 4.16. The Morgan fingerprint density at radius 2 is 2.20 bits per heavy atom. The van der Waals surface area contributed by atoms with Gasteiger partial charge in [0.1, 0.15) is 0 Å². The van der Waals surface area contributed by atoms with Crippen LogP contribution in [0.2, 0.25) is 0 Å². The predicted octanol–water partition coefficient (Wildman–Crippen LogP) is 2.19. The van der Waals surface area contributed by atoms with Crippen LogP contribution in [0.25, 0.3) is 0 Å². The fraction of sp³-hybridized carbons (Fsp3) is 1.00. The molecule has 1 rings (SSSR count). The van der Waals surface area contributed by atoms with E-state index in [1.54, 1.807) is 0 Å². The maximum Gasteiger partial charge on any atom is 0.157 e. The minimum atomic E-state index is 0.111. The summed E-state index contributed by atoms with van der Waals surface area (Å²) in [5.41, 5.74) is 0. The van der Waals surface area contributed by atoms with Gasteiger partial charge >= 0.3 is 0 Å². The Kier molecular flexibility index (Phi) is 6.98. The van der Waals surface area contributed by atoms with E-state index in [4.69, 9.17) is 9.47 Å². The third kappa shape index (κ3) is 3.85. The van der Waals surface area contributed by atoms with Gasteiger partial charge in [0.15, 0.2) is 6.29 Å². The van der Waals surface area contributed by atoms with E-state index < -0.39 is 0 Å². The van der Waals surface area contributed by atoms with E-state index in [1.807, 2.05) is 20.8 Å². The third-order valence-corrected chi connectivity index (χ3v) is 1.24. The van der Waals surface area contributed by atoms with Crippen LogP contribution in [0.5, 0.6) is 0 Å². The first-order valence-corrected chi connectivity index (χ1v) is 4.16. The number of ether oxygens (including phenoxy) is 2. The van der Waals surface area contributed by atoms with Crippen LogP contribution < -0.4 is 0 Å². The molecule has 1 atom stereocenters. The molecule has 0 saturated carbocycles. The molecule has 1 saturated heterocycles. The molecule has 10 heavy (non-hydrogen) atoms. The van der Waals surface area contributed by atoms with Crippen molar-refractivity contribution in [2.75, 3.05) is 13.2 Å². The van der Waals surface area contributed by atoms with Crippen LogP contribution in [0, 0.1) is 0 Å². The fourth-order valence-corrected chi connectivity index (χ4v) is 0.865. The molecule has 62 valence electrons. The molecule has 1 heterocycles. The van der Waals surface area contributed by atoms with E-state index >= 15 is 0 Å². The van der Waals surface area contributed by atoms with Crippen molar-refractivity contribution in [2.24, 2.45) is 0 Å². The molecule has 1 aliphatic rings. The highest BCUT2D eigenvalue weighted by Gasteiger charge is 2.13. The third-order valence-electron chi connectivity index (χ3n) is 1.24. The standard InChI is InChI=1S/C6H12O2.C2H6/c1-2-7-6-4-3-5-8-6;1-2/h6H,2-5H2,1H3;1-2H3/t6-;/m0./s1. The van der Waals surface area contributed by atoms with Crippen LogP contribution in [-0.2, 0) is 9.47 Å². The molecule has 0 bridgehead atoms.